The predicted octanol–water partition coefficient (Wildman–Crippen LogP) is -1.71. The van der Waals surface area contributed by atoms with Gasteiger partial charge >= 0.3 is 12.0 Å². The van der Waals surface area contributed by atoms with Crippen LogP contribution in [0, 0.1) is 0 Å². The molecule has 0 aromatic rings. The van der Waals surface area contributed by atoms with Crippen LogP contribution in [0.25, 0.3) is 0 Å². The van der Waals surface area contributed by atoms with E-state index in [0.29, 0.717) is 0 Å². The molecule has 15 heavy (non-hydrogen) atoms. The number of nitrogens with two attached hydrogens (primary N) is 1. The Kier molecular flexibility index (Phi) is 3.20. The lowest BCUT2D eigenvalue weighted by molar-refractivity contribution is -0.138. The number of nitrogens with zero attached hydrogens (tertiary/aromatic N) is 1. The summed E-state index contributed by atoms with van der Waals surface area (Å²) in [5, 5.41) is 10.2. The third kappa shape index (κ3) is 2.62. The SMILES string of the molecule is NC(CN1CC(F)C(=O)NC1=O)C(=O)O. The van der Waals surface area contributed by atoms with Gasteiger partial charge in [0.1, 0.15) is 6.04 Å². The molecule has 1 aliphatic heterocycles. The topological polar surface area (TPSA) is 113 Å². The van der Waals surface area contributed by atoms with Crippen LogP contribution in [-0.2, 0) is 9.59 Å². The number of aliphatic carboxylic acids is 1. The van der Waals surface area contributed by atoms with Gasteiger partial charge in [-0.1, -0.05) is 0 Å². The summed E-state index contributed by atoms with van der Waals surface area (Å²) in [5.74, 6) is -2.31. The molecular weight excluding hydrogens is 209 g/mol. The van der Waals surface area contributed by atoms with Crippen LogP contribution >= 0.6 is 0 Å². The number of halogens is 1. The van der Waals surface area contributed by atoms with Gasteiger partial charge in [0.05, 0.1) is 6.54 Å². The summed E-state index contributed by atoms with van der Waals surface area (Å²) in [4.78, 5) is 33.0. The Balaban J connectivity index is 2.59. The van der Waals surface area contributed by atoms with E-state index >= 15 is 0 Å². The fraction of sp³-hybridized carbons (Fsp3) is 0.571. The molecule has 4 N–H and O–H groups in total. The number of carbonyl (C=O) groups excluding carboxylic acids is 2. The van der Waals surface area contributed by atoms with E-state index in [4.69, 9.17) is 10.8 Å². The first-order valence-corrected chi connectivity index (χ1v) is 4.14. The number of alkyl halides is 1. The molecule has 3 amide bonds. The highest BCUT2D eigenvalue weighted by atomic mass is 19.1. The average Bonchev–Trinajstić information content (AvgIpc) is 2.13. The van der Waals surface area contributed by atoms with Crippen molar-refractivity contribution in [3.63, 3.8) is 0 Å². The third-order valence-corrected chi connectivity index (χ3v) is 1.92. The number of imide groups is 1. The summed E-state index contributed by atoms with van der Waals surface area (Å²) >= 11 is 0. The Bertz CT molecular complexity index is 309. The van der Waals surface area contributed by atoms with Gasteiger partial charge in [0.25, 0.3) is 5.91 Å². The van der Waals surface area contributed by atoms with Gasteiger partial charge in [0.2, 0.25) is 0 Å². The number of hydrogen-bond acceptors (Lipinski definition) is 4. The van der Waals surface area contributed by atoms with E-state index in [1.165, 1.54) is 0 Å². The summed E-state index contributed by atoms with van der Waals surface area (Å²) in [6.45, 7) is -0.805. The molecule has 0 saturated carbocycles. The summed E-state index contributed by atoms with van der Waals surface area (Å²) in [7, 11) is 0. The van der Waals surface area contributed by atoms with Crippen LogP contribution in [0.15, 0.2) is 0 Å². The van der Waals surface area contributed by atoms with Gasteiger partial charge in [-0.15, -0.1) is 0 Å². The van der Waals surface area contributed by atoms with Crippen LogP contribution in [0.4, 0.5) is 9.18 Å². The van der Waals surface area contributed by atoms with E-state index in [1.807, 2.05) is 0 Å². The molecule has 1 aliphatic rings. The summed E-state index contributed by atoms with van der Waals surface area (Å²) in [6, 6.07) is -2.12. The molecule has 0 aliphatic carbocycles. The van der Waals surface area contributed by atoms with E-state index in [2.05, 4.69) is 0 Å². The molecule has 1 heterocycles. The van der Waals surface area contributed by atoms with Crippen LogP contribution in [0.5, 0.6) is 0 Å². The lowest BCUT2D eigenvalue weighted by Gasteiger charge is -2.29. The second-order valence-corrected chi connectivity index (χ2v) is 3.11. The highest BCUT2D eigenvalue weighted by Crippen LogP contribution is 2.05. The van der Waals surface area contributed by atoms with Crippen molar-refractivity contribution in [2.45, 2.75) is 12.2 Å². The fourth-order valence-electron chi connectivity index (χ4n) is 1.10. The maximum Gasteiger partial charge on any atom is 0.324 e. The zero-order valence-electron chi connectivity index (χ0n) is 7.64. The molecule has 0 aromatic carbocycles. The van der Waals surface area contributed by atoms with Gasteiger partial charge in [0.15, 0.2) is 6.17 Å². The molecule has 1 fully saturated rings. The largest absolute Gasteiger partial charge is 0.480 e. The summed E-state index contributed by atoms with van der Waals surface area (Å²) < 4.78 is 12.9. The van der Waals surface area contributed by atoms with Gasteiger partial charge in [0, 0.05) is 6.54 Å². The van der Waals surface area contributed by atoms with E-state index in [9.17, 15) is 18.8 Å². The lowest BCUT2D eigenvalue weighted by atomic mass is 10.2. The molecule has 8 heteroatoms. The number of nitrogens with one attached hydrogen (secondary N) is 1. The maximum absolute atomic E-state index is 12.9. The number of carbonyl (C=O) groups is 3. The number of urea groups is 1. The maximum atomic E-state index is 12.9. The van der Waals surface area contributed by atoms with E-state index in [1.54, 1.807) is 5.32 Å². The first-order chi connectivity index (χ1) is 6.91. The Hall–Kier alpha value is -1.70. The normalized spacial score (nSPS) is 23.6. The molecule has 0 radical (unpaired) electrons. The van der Waals surface area contributed by atoms with Crippen molar-refractivity contribution in [3.05, 3.63) is 0 Å². The van der Waals surface area contributed by atoms with Crippen LogP contribution in [0.1, 0.15) is 0 Å². The number of hydrogen-bond donors (Lipinski definition) is 3. The van der Waals surface area contributed by atoms with Gasteiger partial charge in [-0.2, -0.15) is 0 Å². The van der Waals surface area contributed by atoms with E-state index in [0.717, 1.165) is 4.90 Å². The zero-order chi connectivity index (χ0) is 11.6. The molecular formula is C7H10FN3O4. The highest BCUT2D eigenvalue weighted by Gasteiger charge is 2.33. The minimum atomic E-state index is -1.84. The Labute approximate surface area is 84.0 Å². The first kappa shape index (κ1) is 11.4. The molecule has 2 atom stereocenters. The summed E-state index contributed by atoms with van der Waals surface area (Å²) in [6.07, 6.45) is -1.84. The molecule has 84 valence electrons. The average molecular weight is 219 g/mol. The van der Waals surface area contributed by atoms with Crippen molar-refractivity contribution in [1.82, 2.24) is 10.2 Å². The van der Waals surface area contributed by atoms with Crippen LogP contribution in [0.3, 0.4) is 0 Å². The van der Waals surface area contributed by atoms with E-state index < -0.39 is 36.7 Å². The molecule has 0 aromatic heterocycles. The fourth-order valence-corrected chi connectivity index (χ4v) is 1.10. The van der Waals surface area contributed by atoms with Crippen LogP contribution in [0.2, 0.25) is 0 Å². The molecule has 1 saturated heterocycles. The molecule has 2 unspecified atom stereocenters. The minimum absolute atomic E-state index is 0.338. The lowest BCUT2D eigenvalue weighted by Crippen LogP contribution is -2.58. The van der Waals surface area contributed by atoms with Gasteiger partial charge in [-0.25, -0.2) is 9.18 Å². The standard InChI is InChI=1S/C7H10FN3O4/c8-3-1-11(2-4(9)6(13)14)7(15)10-5(3)12/h3-4H,1-2,9H2,(H,13,14)(H,10,12,15). The number of rotatable bonds is 3. The summed E-state index contributed by atoms with van der Waals surface area (Å²) in [5.41, 5.74) is 5.16. The molecule has 0 spiro atoms. The van der Waals surface area contributed by atoms with Crippen molar-refractivity contribution >= 4 is 17.9 Å². The number of amides is 3. The zero-order valence-corrected chi connectivity index (χ0v) is 7.64. The van der Waals surface area contributed by atoms with Crippen molar-refractivity contribution in [3.8, 4) is 0 Å². The van der Waals surface area contributed by atoms with Crippen molar-refractivity contribution < 1.29 is 23.9 Å². The van der Waals surface area contributed by atoms with Crippen molar-refractivity contribution in [2.75, 3.05) is 13.1 Å². The van der Waals surface area contributed by atoms with Gasteiger partial charge < -0.3 is 15.7 Å². The van der Waals surface area contributed by atoms with Gasteiger partial charge in [-0.3, -0.25) is 14.9 Å². The molecule has 7 nitrogen and oxygen atoms in total. The minimum Gasteiger partial charge on any atom is -0.480 e. The second kappa shape index (κ2) is 4.22. The molecule has 0 bridgehead atoms. The highest BCUT2D eigenvalue weighted by molar-refractivity contribution is 5.99. The molecule has 1 rings (SSSR count). The smallest absolute Gasteiger partial charge is 0.324 e. The number of carboxylic acid groups (broad SMARTS) is 1. The predicted molar refractivity (Wildman–Crippen MR) is 45.6 cm³/mol. The Morgan fingerprint density at radius 1 is 1.73 bits per heavy atom. The monoisotopic (exact) mass is 219 g/mol. The Morgan fingerprint density at radius 3 is 2.87 bits per heavy atom. The van der Waals surface area contributed by atoms with Crippen molar-refractivity contribution in [2.24, 2.45) is 5.73 Å². The third-order valence-electron chi connectivity index (χ3n) is 1.92. The first-order valence-electron chi connectivity index (χ1n) is 4.14. The van der Waals surface area contributed by atoms with Crippen molar-refractivity contribution in [1.29, 1.82) is 0 Å². The Morgan fingerprint density at radius 2 is 2.33 bits per heavy atom. The number of carboxylic acids is 1. The second-order valence-electron chi connectivity index (χ2n) is 3.11. The quantitative estimate of drug-likeness (QED) is 0.523. The van der Waals surface area contributed by atoms with Crippen LogP contribution < -0.4 is 11.1 Å². The van der Waals surface area contributed by atoms with Gasteiger partial charge in [-0.05, 0) is 0 Å². The van der Waals surface area contributed by atoms with E-state index in [-0.39, 0.29) is 6.54 Å². The van der Waals surface area contributed by atoms with Crippen LogP contribution in [-0.4, -0.2) is 53.2 Å².